The first-order valence-corrected chi connectivity index (χ1v) is 7.40. The molecule has 0 aliphatic heterocycles. The van der Waals surface area contributed by atoms with Gasteiger partial charge in [-0.3, -0.25) is 4.68 Å². The predicted molar refractivity (Wildman–Crippen MR) is 77.2 cm³/mol. The van der Waals surface area contributed by atoms with Crippen molar-refractivity contribution in [1.82, 2.24) is 24.3 Å². The van der Waals surface area contributed by atoms with Crippen LogP contribution in [0, 0.1) is 6.92 Å². The number of halogens is 1. The zero-order valence-electron chi connectivity index (χ0n) is 11.0. The summed E-state index contributed by atoms with van der Waals surface area (Å²) >= 11 is 4.66. The first kappa shape index (κ1) is 14.6. The lowest BCUT2D eigenvalue weighted by molar-refractivity contribution is 0.207. The number of nitrogens with zero attached hydrogens (tertiary/aromatic N) is 5. The summed E-state index contributed by atoms with van der Waals surface area (Å²) in [7, 11) is 4.01. The molecule has 1 unspecified atom stereocenters. The predicted octanol–water partition coefficient (Wildman–Crippen LogP) is 1.45. The summed E-state index contributed by atoms with van der Waals surface area (Å²) in [4.78, 5) is 2.83. The van der Waals surface area contributed by atoms with Crippen molar-refractivity contribution < 1.29 is 5.11 Å². The summed E-state index contributed by atoms with van der Waals surface area (Å²) in [5.41, 5.74) is 1.50. The van der Waals surface area contributed by atoms with Crippen LogP contribution in [0.5, 0.6) is 0 Å². The Labute approximate surface area is 124 Å². The normalized spacial score (nSPS) is 13.2. The average molecular weight is 346 g/mol. The molecule has 0 aliphatic carbocycles. The van der Waals surface area contributed by atoms with E-state index < -0.39 is 6.10 Å². The van der Waals surface area contributed by atoms with Gasteiger partial charge in [-0.2, -0.15) is 5.10 Å². The van der Waals surface area contributed by atoms with Crippen LogP contribution in [-0.2, 0) is 6.54 Å². The highest BCUT2D eigenvalue weighted by atomic mass is 79.9. The van der Waals surface area contributed by atoms with Crippen molar-refractivity contribution in [3.63, 3.8) is 0 Å². The monoisotopic (exact) mass is 345 g/mol. The standard InChI is InChI=1S/C11H16BrN5OS/c1-7-11(19-15-14-7)10(18)9-8(12)6-13-17(9)5-4-16(2)3/h6,10,18H,4-5H2,1-3H3. The third-order valence-electron chi connectivity index (χ3n) is 2.79. The van der Waals surface area contributed by atoms with Crippen LogP contribution in [0.2, 0.25) is 0 Å². The van der Waals surface area contributed by atoms with E-state index in [0.29, 0.717) is 0 Å². The molecule has 2 heterocycles. The van der Waals surface area contributed by atoms with Gasteiger partial charge in [-0.25, -0.2) is 0 Å². The van der Waals surface area contributed by atoms with Gasteiger partial charge in [0, 0.05) is 6.54 Å². The molecule has 2 aromatic heterocycles. The summed E-state index contributed by atoms with van der Waals surface area (Å²) in [6.45, 7) is 3.42. The number of aromatic nitrogens is 4. The molecule has 0 saturated carbocycles. The molecule has 19 heavy (non-hydrogen) atoms. The molecule has 2 aromatic rings. The third kappa shape index (κ3) is 3.19. The van der Waals surface area contributed by atoms with Gasteiger partial charge in [-0.15, -0.1) is 5.10 Å². The van der Waals surface area contributed by atoms with Crippen molar-refractivity contribution >= 4 is 27.5 Å². The fraction of sp³-hybridized carbons (Fsp3) is 0.545. The molecule has 8 heteroatoms. The lowest BCUT2D eigenvalue weighted by atomic mass is 10.2. The van der Waals surface area contributed by atoms with Crippen LogP contribution in [0.1, 0.15) is 22.4 Å². The number of rotatable bonds is 5. The number of aliphatic hydroxyl groups excluding tert-OH is 1. The Morgan fingerprint density at radius 1 is 1.53 bits per heavy atom. The van der Waals surface area contributed by atoms with E-state index in [1.807, 2.05) is 25.7 Å². The maximum Gasteiger partial charge on any atom is 0.134 e. The molecule has 0 aromatic carbocycles. The smallest absolute Gasteiger partial charge is 0.134 e. The second-order valence-electron chi connectivity index (χ2n) is 4.53. The largest absolute Gasteiger partial charge is 0.381 e. The maximum atomic E-state index is 10.5. The van der Waals surface area contributed by atoms with E-state index in [-0.39, 0.29) is 0 Å². The Morgan fingerprint density at radius 2 is 2.26 bits per heavy atom. The van der Waals surface area contributed by atoms with Gasteiger partial charge in [-0.05, 0) is 48.5 Å². The number of hydrogen-bond donors (Lipinski definition) is 1. The third-order valence-corrected chi connectivity index (χ3v) is 4.28. The van der Waals surface area contributed by atoms with Crippen molar-refractivity contribution in [2.75, 3.05) is 20.6 Å². The Kier molecular flexibility index (Phi) is 4.67. The molecular weight excluding hydrogens is 330 g/mol. The van der Waals surface area contributed by atoms with E-state index in [2.05, 4.69) is 35.5 Å². The Balaban J connectivity index is 2.28. The highest BCUT2D eigenvalue weighted by Crippen LogP contribution is 2.31. The second kappa shape index (κ2) is 6.08. The van der Waals surface area contributed by atoms with Gasteiger partial charge in [0.25, 0.3) is 0 Å². The molecule has 0 radical (unpaired) electrons. The van der Waals surface area contributed by atoms with E-state index in [0.717, 1.165) is 33.8 Å². The Hall–Kier alpha value is -0.830. The maximum absolute atomic E-state index is 10.5. The van der Waals surface area contributed by atoms with Crippen LogP contribution in [0.4, 0.5) is 0 Å². The van der Waals surface area contributed by atoms with Gasteiger partial charge < -0.3 is 10.0 Å². The minimum atomic E-state index is -0.751. The summed E-state index contributed by atoms with van der Waals surface area (Å²) in [6, 6.07) is 0. The molecule has 1 N–H and O–H groups in total. The SMILES string of the molecule is Cc1nnsc1C(O)c1c(Br)cnn1CCN(C)C. The summed E-state index contributed by atoms with van der Waals surface area (Å²) in [5, 5.41) is 18.7. The second-order valence-corrected chi connectivity index (χ2v) is 6.17. The molecule has 0 bridgehead atoms. The fourth-order valence-corrected chi connectivity index (χ4v) is 2.88. The minimum absolute atomic E-state index is 0.719. The van der Waals surface area contributed by atoms with Gasteiger partial charge in [0.2, 0.25) is 0 Å². The van der Waals surface area contributed by atoms with Crippen LogP contribution >= 0.6 is 27.5 Å². The van der Waals surface area contributed by atoms with Gasteiger partial charge >= 0.3 is 0 Å². The highest BCUT2D eigenvalue weighted by Gasteiger charge is 2.23. The van der Waals surface area contributed by atoms with Crippen LogP contribution in [0.25, 0.3) is 0 Å². The number of hydrogen-bond acceptors (Lipinski definition) is 6. The number of aryl methyl sites for hydroxylation is 1. The fourth-order valence-electron chi connectivity index (χ4n) is 1.73. The molecule has 0 saturated heterocycles. The summed E-state index contributed by atoms with van der Waals surface area (Å²) in [5.74, 6) is 0. The van der Waals surface area contributed by atoms with Gasteiger partial charge in [0.15, 0.2) is 0 Å². The van der Waals surface area contributed by atoms with Crippen molar-refractivity contribution in [2.24, 2.45) is 0 Å². The molecule has 0 spiro atoms. The molecule has 104 valence electrons. The van der Waals surface area contributed by atoms with Crippen LogP contribution in [-0.4, -0.2) is 50.0 Å². The zero-order valence-corrected chi connectivity index (χ0v) is 13.4. The summed E-state index contributed by atoms with van der Waals surface area (Å²) < 4.78 is 6.48. The zero-order chi connectivity index (χ0) is 14.0. The molecule has 2 rings (SSSR count). The van der Waals surface area contributed by atoms with Crippen molar-refractivity contribution in [1.29, 1.82) is 0 Å². The van der Waals surface area contributed by atoms with E-state index >= 15 is 0 Å². The molecule has 0 aliphatic rings. The van der Waals surface area contributed by atoms with Crippen molar-refractivity contribution in [3.05, 3.63) is 26.9 Å². The first-order chi connectivity index (χ1) is 9.00. The van der Waals surface area contributed by atoms with E-state index in [4.69, 9.17) is 0 Å². The quantitative estimate of drug-likeness (QED) is 0.888. The van der Waals surface area contributed by atoms with E-state index in [9.17, 15) is 5.11 Å². The minimum Gasteiger partial charge on any atom is -0.381 e. The Bertz CT molecular complexity index is 553. The molecule has 6 nitrogen and oxygen atoms in total. The number of aliphatic hydroxyl groups is 1. The lowest BCUT2D eigenvalue weighted by Crippen LogP contribution is -2.21. The molecular formula is C11H16BrN5OS. The molecule has 1 atom stereocenters. The van der Waals surface area contributed by atoms with Gasteiger partial charge in [0.1, 0.15) is 6.10 Å². The number of likely N-dealkylation sites (N-methyl/N-ethyl adjacent to an activating group) is 1. The lowest BCUT2D eigenvalue weighted by Gasteiger charge is -2.15. The van der Waals surface area contributed by atoms with E-state index in [1.165, 1.54) is 11.5 Å². The van der Waals surface area contributed by atoms with Gasteiger partial charge in [-0.1, -0.05) is 4.49 Å². The topological polar surface area (TPSA) is 67.1 Å². The Morgan fingerprint density at radius 3 is 2.84 bits per heavy atom. The highest BCUT2D eigenvalue weighted by molar-refractivity contribution is 9.10. The van der Waals surface area contributed by atoms with Gasteiger partial charge in [0.05, 0.1) is 33.5 Å². The van der Waals surface area contributed by atoms with Crippen molar-refractivity contribution in [2.45, 2.75) is 19.6 Å². The molecule has 0 amide bonds. The molecule has 0 fully saturated rings. The van der Waals surface area contributed by atoms with Crippen LogP contribution in [0.3, 0.4) is 0 Å². The van der Waals surface area contributed by atoms with E-state index in [1.54, 1.807) is 6.20 Å². The summed E-state index contributed by atoms with van der Waals surface area (Å²) in [6.07, 6.45) is 0.955. The average Bonchev–Trinajstić information content (AvgIpc) is 2.92. The van der Waals surface area contributed by atoms with Crippen LogP contribution in [0.15, 0.2) is 10.7 Å². The van der Waals surface area contributed by atoms with Crippen molar-refractivity contribution in [3.8, 4) is 0 Å². The van der Waals surface area contributed by atoms with Crippen LogP contribution < -0.4 is 0 Å². The first-order valence-electron chi connectivity index (χ1n) is 5.83.